The molecule has 1 aromatic heterocycles. The van der Waals surface area contributed by atoms with E-state index in [1.807, 2.05) is 6.07 Å². The number of rotatable bonds is 8. The van der Waals surface area contributed by atoms with Gasteiger partial charge in [-0.15, -0.1) is 0 Å². The first-order valence-electron chi connectivity index (χ1n) is 12.1. The summed E-state index contributed by atoms with van der Waals surface area (Å²) in [6, 6.07) is 21.0. The molecule has 2 amide bonds. The number of likely N-dealkylation sites (tertiary alicyclic amines) is 1. The standard InChI is InChI=1S/C28H29N5O4/c1-35-25-14-23-24(15-26(25)36-2)29-18-30-27(23)37-22-10-8-20(9-11-22)31-28(34)32-21-12-13-33(17-21)16-19-6-4-3-5-7-19/h3-11,14-15,18,21H,12-13,16-17H2,1-2H3,(H2,31,32,34)/t21-/m0/s1. The summed E-state index contributed by atoms with van der Waals surface area (Å²) in [6.07, 6.45) is 2.37. The molecule has 3 aromatic carbocycles. The zero-order chi connectivity index (χ0) is 25.6. The first-order valence-corrected chi connectivity index (χ1v) is 12.1. The Labute approximate surface area is 215 Å². The van der Waals surface area contributed by atoms with Crippen molar-refractivity contribution < 1.29 is 19.0 Å². The van der Waals surface area contributed by atoms with Gasteiger partial charge in [0.1, 0.15) is 12.1 Å². The fraction of sp³-hybridized carbons (Fsp3) is 0.250. The highest BCUT2D eigenvalue weighted by Gasteiger charge is 2.23. The Balaban J connectivity index is 1.17. The van der Waals surface area contributed by atoms with Crippen LogP contribution in [-0.4, -0.2) is 54.2 Å². The van der Waals surface area contributed by atoms with E-state index >= 15 is 0 Å². The van der Waals surface area contributed by atoms with Crippen LogP contribution in [0.5, 0.6) is 23.1 Å². The smallest absolute Gasteiger partial charge is 0.319 e. The van der Waals surface area contributed by atoms with E-state index in [4.69, 9.17) is 14.2 Å². The number of methoxy groups -OCH3 is 2. The fourth-order valence-electron chi connectivity index (χ4n) is 4.45. The maximum Gasteiger partial charge on any atom is 0.319 e. The van der Waals surface area contributed by atoms with Crippen LogP contribution in [0.3, 0.4) is 0 Å². The number of amides is 2. The van der Waals surface area contributed by atoms with Crippen LogP contribution in [0.25, 0.3) is 10.9 Å². The summed E-state index contributed by atoms with van der Waals surface area (Å²) in [5.74, 6) is 2.11. The van der Waals surface area contributed by atoms with Gasteiger partial charge in [-0.25, -0.2) is 14.8 Å². The van der Waals surface area contributed by atoms with Crippen molar-refractivity contribution >= 4 is 22.6 Å². The van der Waals surface area contributed by atoms with E-state index in [0.29, 0.717) is 39.7 Å². The Bertz CT molecular complexity index is 1360. The predicted octanol–water partition coefficient (Wildman–Crippen LogP) is 4.84. The van der Waals surface area contributed by atoms with Gasteiger partial charge in [0.15, 0.2) is 11.5 Å². The Hall–Kier alpha value is -4.37. The molecule has 0 spiro atoms. The molecule has 1 aliphatic heterocycles. The summed E-state index contributed by atoms with van der Waals surface area (Å²) in [7, 11) is 3.15. The molecule has 37 heavy (non-hydrogen) atoms. The number of nitrogens with one attached hydrogen (secondary N) is 2. The highest BCUT2D eigenvalue weighted by atomic mass is 16.5. The average molecular weight is 500 g/mol. The number of urea groups is 1. The Morgan fingerprint density at radius 3 is 2.51 bits per heavy atom. The summed E-state index contributed by atoms with van der Waals surface area (Å²) in [6.45, 7) is 2.69. The maximum absolute atomic E-state index is 12.6. The second-order valence-electron chi connectivity index (χ2n) is 8.83. The Kier molecular flexibility index (Phi) is 7.32. The maximum atomic E-state index is 12.6. The van der Waals surface area contributed by atoms with E-state index in [-0.39, 0.29) is 12.1 Å². The number of nitrogens with zero attached hydrogens (tertiary/aromatic N) is 3. The van der Waals surface area contributed by atoms with Crippen molar-refractivity contribution in [1.29, 1.82) is 0 Å². The van der Waals surface area contributed by atoms with Crippen molar-refractivity contribution in [2.75, 3.05) is 32.6 Å². The molecule has 2 heterocycles. The first-order chi connectivity index (χ1) is 18.1. The lowest BCUT2D eigenvalue weighted by Crippen LogP contribution is -2.39. The number of carbonyl (C=O) groups is 1. The summed E-state index contributed by atoms with van der Waals surface area (Å²) in [5, 5.41) is 6.67. The van der Waals surface area contributed by atoms with Gasteiger partial charge in [0.25, 0.3) is 0 Å². The third kappa shape index (κ3) is 5.90. The van der Waals surface area contributed by atoms with Gasteiger partial charge in [0.2, 0.25) is 5.88 Å². The fourth-order valence-corrected chi connectivity index (χ4v) is 4.45. The molecule has 5 rings (SSSR count). The number of fused-ring (bicyclic) bond motifs is 1. The summed E-state index contributed by atoms with van der Waals surface area (Å²) < 4.78 is 16.8. The highest BCUT2D eigenvalue weighted by molar-refractivity contribution is 5.89. The van der Waals surface area contributed by atoms with Crippen molar-refractivity contribution in [3.63, 3.8) is 0 Å². The van der Waals surface area contributed by atoms with Gasteiger partial charge in [-0.2, -0.15) is 0 Å². The van der Waals surface area contributed by atoms with E-state index in [1.54, 1.807) is 50.6 Å². The molecule has 0 bridgehead atoms. The third-order valence-corrected chi connectivity index (χ3v) is 6.29. The van der Waals surface area contributed by atoms with Crippen molar-refractivity contribution in [2.45, 2.75) is 19.0 Å². The molecule has 1 fully saturated rings. The number of carbonyl (C=O) groups excluding carboxylic acids is 1. The molecule has 1 saturated heterocycles. The van der Waals surface area contributed by atoms with Crippen molar-refractivity contribution in [2.24, 2.45) is 0 Å². The lowest BCUT2D eigenvalue weighted by molar-refractivity contribution is 0.247. The molecule has 190 valence electrons. The van der Waals surface area contributed by atoms with Gasteiger partial charge < -0.3 is 24.8 Å². The second kappa shape index (κ2) is 11.1. The molecular weight excluding hydrogens is 470 g/mol. The average Bonchev–Trinajstić information content (AvgIpc) is 3.36. The number of hydrogen-bond acceptors (Lipinski definition) is 7. The van der Waals surface area contributed by atoms with Crippen molar-refractivity contribution in [3.8, 4) is 23.1 Å². The van der Waals surface area contributed by atoms with Crippen LogP contribution in [-0.2, 0) is 6.54 Å². The first kappa shape index (κ1) is 24.3. The SMILES string of the molecule is COc1cc2ncnc(Oc3ccc(NC(=O)N[C@H]4CCN(Cc5ccccc5)C4)cc3)c2cc1OC. The van der Waals surface area contributed by atoms with E-state index < -0.39 is 0 Å². The van der Waals surface area contributed by atoms with E-state index in [0.717, 1.165) is 26.1 Å². The topological polar surface area (TPSA) is 97.8 Å². The van der Waals surface area contributed by atoms with Crippen LogP contribution in [0.2, 0.25) is 0 Å². The molecule has 0 unspecified atom stereocenters. The molecule has 9 nitrogen and oxygen atoms in total. The zero-order valence-corrected chi connectivity index (χ0v) is 20.8. The Morgan fingerprint density at radius 1 is 1.00 bits per heavy atom. The van der Waals surface area contributed by atoms with Crippen molar-refractivity contribution in [1.82, 2.24) is 20.2 Å². The predicted molar refractivity (Wildman–Crippen MR) is 141 cm³/mol. The number of benzene rings is 3. The van der Waals surface area contributed by atoms with Crippen LogP contribution >= 0.6 is 0 Å². The molecule has 0 saturated carbocycles. The molecule has 4 aromatic rings. The quantitative estimate of drug-likeness (QED) is 0.358. The third-order valence-electron chi connectivity index (χ3n) is 6.29. The number of hydrogen-bond donors (Lipinski definition) is 2. The van der Waals surface area contributed by atoms with Crippen LogP contribution in [0.1, 0.15) is 12.0 Å². The molecule has 0 aliphatic carbocycles. The van der Waals surface area contributed by atoms with Crippen LogP contribution in [0, 0.1) is 0 Å². The van der Waals surface area contributed by atoms with Crippen LogP contribution < -0.4 is 24.8 Å². The van der Waals surface area contributed by atoms with Gasteiger partial charge in [-0.05, 0) is 42.3 Å². The lowest BCUT2D eigenvalue weighted by atomic mass is 10.2. The van der Waals surface area contributed by atoms with Crippen molar-refractivity contribution in [3.05, 3.63) is 78.6 Å². The zero-order valence-electron chi connectivity index (χ0n) is 20.8. The van der Waals surface area contributed by atoms with Gasteiger partial charge in [-0.3, -0.25) is 4.90 Å². The number of ether oxygens (including phenoxy) is 3. The van der Waals surface area contributed by atoms with Crippen LogP contribution in [0.15, 0.2) is 73.1 Å². The molecule has 1 atom stereocenters. The van der Waals surface area contributed by atoms with E-state index in [2.05, 4.69) is 49.8 Å². The van der Waals surface area contributed by atoms with Gasteiger partial charge in [-0.1, -0.05) is 30.3 Å². The monoisotopic (exact) mass is 499 g/mol. The molecule has 9 heteroatoms. The molecular formula is C28H29N5O4. The minimum atomic E-state index is -0.219. The second-order valence-corrected chi connectivity index (χ2v) is 8.83. The molecule has 0 radical (unpaired) electrons. The highest BCUT2D eigenvalue weighted by Crippen LogP contribution is 2.35. The minimum absolute atomic E-state index is 0.118. The number of aromatic nitrogens is 2. The van der Waals surface area contributed by atoms with Gasteiger partial charge >= 0.3 is 6.03 Å². The lowest BCUT2D eigenvalue weighted by Gasteiger charge is -2.17. The van der Waals surface area contributed by atoms with E-state index in [9.17, 15) is 4.79 Å². The van der Waals surface area contributed by atoms with E-state index in [1.165, 1.54) is 11.9 Å². The Morgan fingerprint density at radius 2 is 1.76 bits per heavy atom. The normalized spacial score (nSPS) is 15.4. The summed E-state index contributed by atoms with van der Waals surface area (Å²) in [4.78, 5) is 23.5. The van der Waals surface area contributed by atoms with Gasteiger partial charge in [0.05, 0.1) is 25.1 Å². The minimum Gasteiger partial charge on any atom is -0.493 e. The van der Waals surface area contributed by atoms with Crippen LogP contribution in [0.4, 0.5) is 10.5 Å². The summed E-state index contributed by atoms with van der Waals surface area (Å²) >= 11 is 0. The molecule has 1 aliphatic rings. The largest absolute Gasteiger partial charge is 0.493 e. The summed E-state index contributed by atoms with van der Waals surface area (Å²) in [5.41, 5.74) is 2.62. The van der Waals surface area contributed by atoms with Gasteiger partial charge in [0, 0.05) is 37.4 Å². The molecule has 2 N–H and O–H groups in total. The number of anilines is 1.